The summed E-state index contributed by atoms with van der Waals surface area (Å²) < 4.78 is 17.9. The predicted octanol–water partition coefficient (Wildman–Crippen LogP) is 3.98. The van der Waals surface area contributed by atoms with Crippen molar-refractivity contribution in [1.82, 2.24) is 0 Å². The molecule has 1 aromatic carbocycles. The van der Waals surface area contributed by atoms with Crippen molar-refractivity contribution in [3.05, 3.63) is 29.8 Å². The number of rotatable bonds is 2. The molecule has 4 atom stereocenters. The molecule has 2 aliphatic heterocycles. The second-order valence-corrected chi connectivity index (χ2v) is 7.94. The standard InChI is InChI=1S/C22H22N4O3/c1-27-16-9-6-5-8-15(16)18-20(12-23,13-24)21(14-25)17-10-4-2-3-7-11-22(17,28-18)29-19(21)26/h5-6,8-9,17-18,26H,2-4,7,10-11H2,1H3. The molecule has 0 amide bonds. The fourth-order valence-corrected chi connectivity index (χ4v) is 5.38. The molecular weight excluding hydrogens is 368 g/mol. The number of benzene rings is 1. The summed E-state index contributed by atoms with van der Waals surface area (Å²) in [7, 11) is 1.51. The van der Waals surface area contributed by atoms with Crippen LogP contribution in [0.15, 0.2) is 24.3 Å². The molecule has 2 heterocycles. The Labute approximate surface area is 169 Å². The molecule has 1 N–H and O–H groups in total. The Bertz CT molecular complexity index is 957. The van der Waals surface area contributed by atoms with Gasteiger partial charge in [0.1, 0.15) is 11.9 Å². The van der Waals surface area contributed by atoms with Crippen molar-refractivity contribution < 1.29 is 14.2 Å². The van der Waals surface area contributed by atoms with E-state index in [1.165, 1.54) is 7.11 Å². The van der Waals surface area contributed by atoms with Gasteiger partial charge in [-0.15, -0.1) is 0 Å². The highest BCUT2D eigenvalue weighted by Gasteiger charge is 2.80. The van der Waals surface area contributed by atoms with Gasteiger partial charge in [-0.25, -0.2) is 0 Å². The molecule has 4 unspecified atom stereocenters. The molecule has 2 bridgehead atoms. The minimum atomic E-state index is -1.93. The maximum Gasteiger partial charge on any atom is 0.217 e. The summed E-state index contributed by atoms with van der Waals surface area (Å²) in [4.78, 5) is 0. The van der Waals surface area contributed by atoms with Gasteiger partial charge in [0.05, 0.1) is 31.2 Å². The summed E-state index contributed by atoms with van der Waals surface area (Å²) in [5.41, 5.74) is -3.12. The molecule has 1 aliphatic carbocycles. The summed E-state index contributed by atoms with van der Waals surface area (Å²) in [6.45, 7) is 0. The van der Waals surface area contributed by atoms with Crippen LogP contribution in [0.2, 0.25) is 0 Å². The van der Waals surface area contributed by atoms with E-state index in [0.29, 0.717) is 24.2 Å². The Kier molecular flexibility index (Phi) is 4.49. The van der Waals surface area contributed by atoms with Crippen molar-refractivity contribution in [3.8, 4) is 24.0 Å². The van der Waals surface area contributed by atoms with Crippen LogP contribution >= 0.6 is 0 Å². The van der Waals surface area contributed by atoms with Gasteiger partial charge in [-0.3, -0.25) is 5.41 Å². The van der Waals surface area contributed by atoms with Gasteiger partial charge in [-0.05, 0) is 18.9 Å². The van der Waals surface area contributed by atoms with E-state index in [4.69, 9.17) is 19.6 Å². The molecule has 1 saturated carbocycles. The molecule has 3 fully saturated rings. The van der Waals surface area contributed by atoms with E-state index < -0.39 is 28.6 Å². The molecule has 0 spiro atoms. The SMILES string of the molecule is COc1ccccc1C1OC23CCCCCCC2C(C#N)(C(=N)O3)C1(C#N)C#N. The van der Waals surface area contributed by atoms with E-state index in [1.807, 2.05) is 0 Å². The van der Waals surface area contributed by atoms with Crippen LogP contribution in [0, 0.1) is 56.2 Å². The lowest BCUT2D eigenvalue weighted by molar-refractivity contribution is -0.289. The van der Waals surface area contributed by atoms with Crippen molar-refractivity contribution in [2.75, 3.05) is 7.11 Å². The van der Waals surface area contributed by atoms with Gasteiger partial charge in [0.2, 0.25) is 17.1 Å². The van der Waals surface area contributed by atoms with Crippen LogP contribution in [0.5, 0.6) is 5.75 Å². The highest BCUT2D eigenvalue weighted by atomic mass is 16.7. The van der Waals surface area contributed by atoms with Gasteiger partial charge in [0.25, 0.3) is 0 Å². The number of para-hydroxylation sites is 1. The minimum absolute atomic E-state index is 0.326. The van der Waals surface area contributed by atoms with Gasteiger partial charge in [0, 0.05) is 12.0 Å². The molecule has 0 radical (unpaired) electrons. The molecular formula is C22H22N4O3. The zero-order chi connectivity index (χ0) is 20.7. The maximum absolute atomic E-state index is 10.4. The second kappa shape index (κ2) is 6.76. The highest BCUT2D eigenvalue weighted by molar-refractivity contribution is 5.89. The third-order valence-electron chi connectivity index (χ3n) is 6.74. The molecule has 1 aromatic rings. The first-order valence-corrected chi connectivity index (χ1v) is 9.88. The molecule has 4 rings (SSSR count). The van der Waals surface area contributed by atoms with Crippen molar-refractivity contribution in [2.24, 2.45) is 16.7 Å². The largest absolute Gasteiger partial charge is 0.496 e. The minimum Gasteiger partial charge on any atom is -0.496 e. The Hall–Kier alpha value is -3.08. The zero-order valence-electron chi connectivity index (χ0n) is 16.3. The Balaban J connectivity index is 2.01. The molecule has 0 aromatic heterocycles. The second-order valence-electron chi connectivity index (χ2n) is 7.94. The smallest absolute Gasteiger partial charge is 0.217 e. The number of nitrogens with one attached hydrogen (secondary N) is 1. The van der Waals surface area contributed by atoms with Crippen molar-refractivity contribution >= 4 is 5.90 Å². The first kappa shape index (κ1) is 19.2. The Morgan fingerprint density at radius 3 is 2.48 bits per heavy atom. The van der Waals surface area contributed by atoms with E-state index in [2.05, 4.69) is 18.2 Å². The summed E-state index contributed by atoms with van der Waals surface area (Å²) in [5, 5.41) is 39.6. The highest BCUT2D eigenvalue weighted by Crippen LogP contribution is 2.69. The zero-order valence-corrected chi connectivity index (χ0v) is 16.3. The van der Waals surface area contributed by atoms with E-state index in [-0.39, 0.29) is 5.90 Å². The first-order chi connectivity index (χ1) is 14.0. The summed E-state index contributed by atoms with van der Waals surface area (Å²) >= 11 is 0. The Morgan fingerprint density at radius 1 is 1.07 bits per heavy atom. The van der Waals surface area contributed by atoms with Gasteiger partial charge >= 0.3 is 0 Å². The van der Waals surface area contributed by atoms with Gasteiger partial charge in [-0.2, -0.15) is 15.8 Å². The fourth-order valence-electron chi connectivity index (χ4n) is 5.38. The van der Waals surface area contributed by atoms with Crippen LogP contribution in [0.4, 0.5) is 0 Å². The third kappa shape index (κ3) is 2.27. The lowest BCUT2D eigenvalue weighted by Gasteiger charge is -2.50. The Morgan fingerprint density at radius 2 is 1.79 bits per heavy atom. The molecule has 7 heteroatoms. The molecule has 2 saturated heterocycles. The van der Waals surface area contributed by atoms with Crippen LogP contribution < -0.4 is 4.74 Å². The number of ether oxygens (including phenoxy) is 3. The lowest BCUT2D eigenvalue weighted by atomic mass is 9.52. The van der Waals surface area contributed by atoms with Crippen LogP contribution in [-0.2, 0) is 9.47 Å². The van der Waals surface area contributed by atoms with Crippen LogP contribution in [0.3, 0.4) is 0 Å². The number of methoxy groups -OCH3 is 1. The number of nitrogens with zero attached hydrogens (tertiary/aromatic N) is 3. The van der Waals surface area contributed by atoms with E-state index >= 15 is 0 Å². The quantitative estimate of drug-likeness (QED) is 0.814. The predicted molar refractivity (Wildman–Crippen MR) is 101 cm³/mol. The summed E-state index contributed by atoms with van der Waals surface area (Å²) in [6, 6.07) is 13.4. The van der Waals surface area contributed by atoms with Crippen molar-refractivity contribution in [3.63, 3.8) is 0 Å². The number of nitriles is 3. The van der Waals surface area contributed by atoms with Gasteiger partial charge in [-0.1, -0.05) is 37.5 Å². The van der Waals surface area contributed by atoms with Gasteiger partial charge in [0.15, 0.2) is 5.41 Å². The van der Waals surface area contributed by atoms with E-state index in [1.54, 1.807) is 24.3 Å². The average molecular weight is 390 g/mol. The van der Waals surface area contributed by atoms with Crippen molar-refractivity contribution in [1.29, 1.82) is 21.2 Å². The van der Waals surface area contributed by atoms with E-state index in [0.717, 1.165) is 25.7 Å². The van der Waals surface area contributed by atoms with Crippen LogP contribution in [0.1, 0.15) is 50.2 Å². The van der Waals surface area contributed by atoms with Crippen LogP contribution in [0.25, 0.3) is 0 Å². The first-order valence-electron chi connectivity index (χ1n) is 9.88. The monoisotopic (exact) mass is 390 g/mol. The van der Waals surface area contributed by atoms with E-state index in [9.17, 15) is 15.8 Å². The lowest BCUT2D eigenvalue weighted by Crippen LogP contribution is -2.59. The summed E-state index contributed by atoms with van der Waals surface area (Å²) in [6.07, 6.45) is 3.69. The van der Waals surface area contributed by atoms with Gasteiger partial charge < -0.3 is 14.2 Å². The number of hydrogen-bond donors (Lipinski definition) is 1. The normalized spacial score (nSPS) is 34.9. The molecule has 7 nitrogen and oxygen atoms in total. The molecule has 148 valence electrons. The third-order valence-corrected chi connectivity index (χ3v) is 6.74. The fraction of sp³-hybridized carbons (Fsp3) is 0.545. The number of hydrogen-bond acceptors (Lipinski definition) is 7. The van der Waals surface area contributed by atoms with Crippen LogP contribution in [-0.4, -0.2) is 18.8 Å². The average Bonchev–Trinajstić information content (AvgIpc) is 2.90. The maximum atomic E-state index is 10.4. The molecule has 3 aliphatic rings. The topological polar surface area (TPSA) is 123 Å². The molecule has 29 heavy (non-hydrogen) atoms. The van der Waals surface area contributed by atoms with Crippen molar-refractivity contribution in [2.45, 2.75) is 50.4 Å². The summed E-state index contributed by atoms with van der Waals surface area (Å²) in [5.74, 6) is -1.59.